The van der Waals surface area contributed by atoms with Gasteiger partial charge in [-0.1, -0.05) is 18.2 Å². The van der Waals surface area contributed by atoms with Crippen LogP contribution in [-0.4, -0.2) is 29.9 Å². The Labute approximate surface area is 113 Å². The second-order valence-electron chi connectivity index (χ2n) is 5.21. The number of halogens is 1. The van der Waals surface area contributed by atoms with Gasteiger partial charge in [-0.3, -0.25) is 4.79 Å². The topological polar surface area (TPSA) is 46.3 Å². The first kappa shape index (κ1) is 14.0. The highest BCUT2D eigenvalue weighted by molar-refractivity contribution is 5.89. The van der Waals surface area contributed by atoms with Crippen LogP contribution in [0, 0.1) is 5.82 Å². The summed E-state index contributed by atoms with van der Waals surface area (Å²) in [5, 5.41) is 0. The summed E-state index contributed by atoms with van der Waals surface area (Å²) in [6.07, 6.45) is 1.06. The fourth-order valence-electron chi connectivity index (χ4n) is 3.01. The maximum absolute atomic E-state index is 14.1. The summed E-state index contributed by atoms with van der Waals surface area (Å²) in [7, 11) is 0. The number of benzene rings is 1. The Morgan fingerprint density at radius 1 is 1.37 bits per heavy atom. The predicted octanol–water partition coefficient (Wildman–Crippen LogP) is 2.05. The van der Waals surface area contributed by atoms with E-state index in [9.17, 15) is 9.18 Å². The van der Waals surface area contributed by atoms with Crippen LogP contribution in [0.5, 0.6) is 0 Å². The van der Waals surface area contributed by atoms with Gasteiger partial charge in [-0.15, -0.1) is 0 Å². The van der Waals surface area contributed by atoms with E-state index >= 15 is 0 Å². The minimum absolute atomic E-state index is 0.00398. The lowest BCUT2D eigenvalue weighted by atomic mass is 9.60. The van der Waals surface area contributed by atoms with Crippen molar-refractivity contribution in [1.29, 1.82) is 0 Å². The number of nitrogens with zero attached hydrogens (tertiary/aromatic N) is 1. The van der Waals surface area contributed by atoms with Crippen molar-refractivity contribution in [2.45, 2.75) is 38.1 Å². The highest BCUT2D eigenvalue weighted by atomic mass is 19.1. The molecule has 1 saturated carbocycles. The monoisotopic (exact) mass is 264 g/mol. The van der Waals surface area contributed by atoms with Gasteiger partial charge in [0.1, 0.15) is 5.82 Å². The summed E-state index contributed by atoms with van der Waals surface area (Å²) in [6.45, 7) is 5.16. The van der Waals surface area contributed by atoms with Crippen LogP contribution in [-0.2, 0) is 10.2 Å². The van der Waals surface area contributed by atoms with Crippen LogP contribution in [0.4, 0.5) is 4.39 Å². The molecule has 1 amide bonds. The second-order valence-corrected chi connectivity index (χ2v) is 5.21. The van der Waals surface area contributed by atoms with Crippen molar-refractivity contribution in [2.75, 3.05) is 13.1 Å². The van der Waals surface area contributed by atoms with Gasteiger partial charge in [0.25, 0.3) is 0 Å². The Kier molecular flexibility index (Phi) is 3.90. The molecule has 4 heteroatoms. The maximum atomic E-state index is 14.1. The molecule has 1 aliphatic rings. The molecule has 2 rings (SSSR count). The number of nitrogens with two attached hydrogens (primary N) is 1. The van der Waals surface area contributed by atoms with Gasteiger partial charge in [0.15, 0.2) is 0 Å². The van der Waals surface area contributed by atoms with Crippen LogP contribution in [0.1, 0.15) is 32.3 Å². The number of carbonyl (C=O) groups is 1. The third-order valence-corrected chi connectivity index (χ3v) is 4.07. The highest BCUT2D eigenvalue weighted by Gasteiger charge is 2.52. The highest BCUT2D eigenvalue weighted by Crippen LogP contribution is 2.45. The van der Waals surface area contributed by atoms with Crippen molar-refractivity contribution in [3.63, 3.8) is 0 Å². The molecule has 0 saturated heterocycles. The lowest BCUT2D eigenvalue weighted by molar-refractivity contribution is -0.141. The Hall–Kier alpha value is -1.42. The fraction of sp³-hybridized carbons (Fsp3) is 0.533. The summed E-state index contributed by atoms with van der Waals surface area (Å²) >= 11 is 0. The van der Waals surface area contributed by atoms with Crippen LogP contribution in [0.2, 0.25) is 0 Å². The average Bonchev–Trinajstić information content (AvgIpc) is 2.37. The second kappa shape index (κ2) is 5.29. The average molecular weight is 264 g/mol. The Morgan fingerprint density at radius 3 is 2.42 bits per heavy atom. The Balaban J connectivity index is 2.39. The minimum atomic E-state index is -0.753. The third-order valence-electron chi connectivity index (χ3n) is 4.07. The molecule has 0 bridgehead atoms. The van der Waals surface area contributed by atoms with Crippen LogP contribution >= 0.6 is 0 Å². The van der Waals surface area contributed by atoms with E-state index in [2.05, 4.69) is 0 Å². The van der Waals surface area contributed by atoms with Crippen LogP contribution in [0.3, 0.4) is 0 Å². The molecule has 1 aromatic rings. The van der Waals surface area contributed by atoms with E-state index < -0.39 is 5.41 Å². The smallest absolute Gasteiger partial charge is 0.233 e. The maximum Gasteiger partial charge on any atom is 0.233 e. The van der Waals surface area contributed by atoms with Crippen molar-refractivity contribution in [1.82, 2.24) is 4.90 Å². The first-order valence-electron chi connectivity index (χ1n) is 6.85. The van der Waals surface area contributed by atoms with E-state index in [4.69, 9.17) is 5.73 Å². The van der Waals surface area contributed by atoms with Gasteiger partial charge in [0.2, 0.25) is 5.91 Å². The number of likely N-dealkylation sites (N-methyl/N-ethyl adjacent to an activating group) is 1. The van der Waals surface area contributed by atoms with Gasteiger partial charge in [-0.2, -0.15) is 0 Å². The summed E-state index contributed by atoms with van der Waals surface area (Å²) in [5.74, 6) is -0.306. The molecule has 0 spiro atoms. The first-order chi connectivity index (χ1) is 9.05. The molecule has 104 valence electrons. The first-order valence-corrected chi connectivity index (χ1v) is 6.85. The number of amides is 1. The molecule has 3 nitrogen and oxygen atoms in total. The van der Waals surface area contributed by atoms with Gasteiger partial charge in [-0.05, 0) is 32.8 Å². The zero-order chi connectivity index (χ0) is 14.0. The molecular weight excluding hydrogens is 243 g/mol. The lowest BCUT2D eigenvalue weighted by Gasteiger charge is -2.47. The quantitative estimate of drug-likeness (QED) is 0.904. The van der Waals surface area contributed by atoms with E-state index in [1.165, 1.54) is 6.07 Å². The van der Waals surface area contributed by atoms with Gasteiger partial charge in [0, 0.05) is 24.7 Å². The molecule has 1 aliphatic carbocycles. The Bertz CT molecular complexity index is 465. The summed E-state index contributed by atoms with van der Waals surface area (Å²) in [6, 6.07) is 6.53. The zero-order valence-corrected chi connectivity index (χ0v) is 11.5. The lowest BCUT2D eigenvalue weighted by Crippen LogP contribution is -2.59. The van der Waals surface area contributed by atoms with Crippen LogP contribution in [0.15, 0.2) is 24.3 Å². The SMILES string of the molecule is CCN(CC)C(=O)[C@]1(c2ccccc2F)C[C@@H](N)C1. The molecule has 0 unspecified atom stereocenters. The van der Waals surface area contributed by atoms with E-state index in [-0.39, 0.29) is 17.8 Å². The third kappa shape index (κ3) is 2.25. The predicted molar refractivity (Wildman–Crippen MR) is 73.2 cm³/mol. The van der Waals surface area contributed by atoms with Crippen molar-refractivity contribution in [3.05, 3.63) is 35.6 Å². The van der Waals surface area contributed by atoms with E-state index in [0.717, 1.165) is 0 Å². The molecule has 0 radical (unpaired) electrons. The molecule has 19 heavy (non-hydrogen) atoms. The van der Waals surface area contributed by atoms with Gasteiger partial charge < -0.3 is 10.6 Å². The number of hydrogen-bond donors (Lipinski definition) is 1. The van der Waals surface area contributed by atoms with Gasteiger partial charge >= 0.3 is 0 Å². The van der Waals surface area contributed by atoms with Gasteiger partial charge in [0.05, 0.1) is 5.41 Å². The van der Waals surface area contributed by atoms with E-state index in [1.807, 2.05) is 13.8 Å². The number of hydrogen-bond acceptors (Lipinski definition) is 2. The molecule has 0 atom stereocenters. The summed E-state index contributed by atoms with van der Waals surface area (Å²) in [4.78, 5) is 14.5. The van der Waals surface area contributed by atoms with Crippen molar-refractivity contribution >= 4 is 5.91 Å². The molecular formula is C15H21FN2O. The van der Waals surface area contributed by atoms with Gasteiger partial charge in [-0.25, -0.2) is 4.39 Å². The van der Waals surface area contributed by atoms with Crippen molar-refractivity contribution in [3.8, 4) is 0 Å². The van der Waals surface area contributed by atoms with Crippen LogP contribution in [0.25, 0.3) is 0 Å². The molecule has 2 N–H and O–H groups in total. The molecule has 0 aliphatic heterocycles. The molecule has 0 heterocycles. The molecule has 0 aromatic heterocycles. The molecule has 1 aromatic carbocycles. The molecule has 1 fully saturated rings. The summed E-state index contributed by atoms with van der Waals surface area (Å²) < 4.78 is 14.1. The fourth-order valence-corrected chi connectivity index (χ4v) is 3.01. The minimum Gasteiger partial charge on any atom is -0.342 e. The van der Waals surface area contributed by atoms with Crippen LogP contribution < -0.4 is 5.73 Å². The van der Waals surface area contributed by atoms with E-state index in [1.54, 1.807) is 23.1 Å². The normalized spacial score (nSPS) is 25.8. The number of carbonyl (C=O) groups excluding carboxylic acids is 1. The summed E-state index contributed by atoms with van der Waals surface area (Å²) in [5.41, 5.74) is 5.61. The Morgan fingerprint density at radius 2 is 1.95 bits per heavy atom. The zero-order valence-electron chi connectivity index (χ0n) is 11.5. The van der Waals surface area contributed by atoms with E-state index in [0.29, 0.717) is 31.5 Å². The largest absolute Gasteiger partial charge is 0.342 e. The van der Waals surface area contributed by atoms with Crippen molar-refractivity contribution < 1.29 is 9.18 Å². The standard InChI is InChI=1S/C15H21FN2O/c1-3-18(4-2)14(19)15(9-11(17)10-15)12-7-5-6-8-13(12)16/h5-8,11H,3-4,9-10,17H2,1-2H3/t11-,15-. The number of rotatable bonds is 4. The van der Waals surface area contributed by atoms with Crippen molar-refractivity contribution in [2.24, 2.45) is 5.73 Å².